The number of furan rings is 1. The first-order valence-electron chi connectivity index (χ1n) is 5.03. The maximum absolute atomic E-state index is 5.53. The highest BCUT2D eigenvalue weighted by Crippen LogP contribution is 2.29. The molecule has 0 radical (unpaired) electrons. The molecule has 5 heteroatoms. The predicted octanol–water partition coefficient (Wildman–Crippen LogP) is 2.39. The smallest absolute Gasteiger partial charge is 0.129 e. The summed E-state index contributed by atoms with van der Waals surface area (Å²) < 4.78 is 8.34. The van der Waals surface area contributed by atoms with E-state index in [2.05, 4.69) is 26.3 Å². The number of aromatic nitrogens is 2. The van der Waals surface area contributed by atoms with Crippen LogP contribution in [0.2, 0.25) is 0 Å². The van der Waals surface area contributed by atoms with Crippen LogP contribution in [0.3, 0.4) is 0 Å². The molecule has 0 aliphatic heterocycles. The number of rotatable bonds is 3. The second kappa shape index (κ2) is 4.43. The quantitative estimate of drug-likeness (QED) is 0.941. The first-order valence-corrected chi connectivity index (χ1v) is 5.83. The molecule has 16 heavy (non-hydrogen) atoms. The van der Waals surface area contributed by atoms with Gasteiger partial charge in [-0.05, 0) is 41.5 Å². The van der Waals surface area contributed by atoms with E-state index >= 15 is 0 Å². The molecule has 0 bridgehead atoms. The summed E-state index contributed by atoms with van der Waals surface area (Å²) in [6.07, 6.45) is 3.50. The summed E-state index contributed by atoms with van der Waals surface area (Å²) in [6.45, 7) is 2.04. The zero-order valence-corrected chi connectivity index (χ0v) is 11.1. The maximum atomic E-state index is 5.53. The van der Waals surface area contributed by atoms with Gasteiger partial charge in [-0.25, -0.2) is 0 Å². The van der Waals surface area contributed by atoms with Gasteiger partial charge in [-0.15, -0.1) is 0 Å². The van der Waals surface area contributed by atoms with E-state index < -0.39 is 0 Å². The average molecular weight is 284 g/mol. The SMILES string of the molecule is CNC(c1occc1C)c1c(Br)cnn1C. The third kappa shape index (κ3) is 1.81. The normalized spacial score (nSPS) is 13.0. The predicted molar refractivity (Wildman–Crippen MR) is 65.3 cm³/mol. The van der Waals surface area contributed by atoms with E-state index in [4.69, 9.17) is 4.42 Å². The fraction of sp³-hybridized carbons (Fsp3) is 0.364. The van der Waals surface area contributed by atoms with Crippen LogP contribution >= 0.6 is 15.9 Å². The maximum Gasteiger partial charge on any atom is 0.129 e. The lowest BCUT2D eigenvalue weighted by molar-refractivity contribution is 0.446. The van der Waals surface area contributed by atoms with Crippen molar-refractivity contribution in [3.05, 3.63) is 40.0 Å². The van der Waals surface area contributed by atoms with Crippen LogP contribution in [0.1, 0.15) is 23.1 Å². The molecule has 2 rings (SSSR count). The van der Waals surface area contributed by atoms with Gasteiger partial charge >= 0.3 is 0 Å². The van der Waals surface area contributed by atoms with Crippen LogP contribution in [0.15, 0.2) is 27.4 Å². The number of halogens is 1. The highest BCUT2D eigenvalue weighted by molar-refractivity contribution is 9.10. The van der Waals surface area contributed by atoms with E-state index in [1.165, 1.54) is 0 Å². The molecule has 0 aromatic carbocycles. The van der Waals surface area contributed by atoms with E-state index in [1.807, 2.05) is 31.8 Å². The van der Waals surface area contributed by atoms with Crippen LogP contribution in [-0.4, -0.2) is 16.8 Å². The summed E-state index contributed by atoms with van der Waals surface area (Å²) in [6, 6.07) is 1.97. The Morgan fingerprint density at radius 3 is 2.75 bits per heavy atom. The zero-order chi connectivity index (χ0) is 11.7. The molecule has 2 aromatic rings. The van der Waals surface area contributed by atoms with E-state index in [9.17, 15) is 0 Å². The summed E-state index contributed by atoms with van der Waals surface area (Å²) in [5, 5.41) is 7.46. The fourth-order valence-electron chi connectivity index (χ4n) is 1.82. The van der Waals surface area contributed by atoms with Crippen molar-refractivity contribution in [3.8, 4) is 0 Å². The van der Waals surface area contributed by atoms with Crippen LogP contribution in [0.25, 0.3) is 0 Å². The van der Waals surface area contributed by atoms with Gasteiger partial charge < -0.3 is 9.73 Å². The van der Waals surface area contributed by atoms with Crippen molar-refractivity contribution < 1.29 is 4.42 Å². The largest absolute Gasteiger partial charge is 0.467 e. The van der Waals surface area contributed by atoms with Crippen LogP contribution in [0.5, 0.6) is 0 Å². The van der Waals surface area contributed by atoms with Gasteiger partial charge in [-0.3, -0.25) is 4.68 Å². The summed E-state index contributed by atoms with van der Waals surface area (Å²) in [5.41, 5.74) is 2.19. The first-order chi connectivity index (χ1) is 7.65. The van der Waals surface area contributed by atoms with Gasteiger partial charge in [0.25, 0.3) is 0 Å². The molecule has 1 N–H and O–H groups in total. The lowest BCUT2D eigenvalue weighted by Gasteiger charge is -2.15. The molecular formula is C11H14BrN3O. The number of nitrogens with zero attached hydrogens (tertiary/aromatic N) is 2. The van der Waals surface area contributed by atoms with Gasteiger partial charge in [-0.1, -0.05) is 0 Å². The number of nitrogens with one attached hydrogen (secondary N) is 1. The van der Waals surface area contributed by atoms with E-state index in [0.29, 0.717) is 0 Å². The first kappa shape index (κ1) is 11.4. The number of hydrogen-bond acceptors (Lipinski definition) is 3. The lowest BCUT2D eigenvalue weighted by atomic mass is 10.1. The minimum atomic E-state index is 0.0110. The third-order valence-electron chi connectivity index (χ3n) is 2.66. The molecule has 2 heterocycles. The van der Waals surface area contributed by atoms with Gasteiger partial charge in [0, 0.05) is 7.05 Å². The molecule has 0 amide bonds. The van der Waals surface area contributed by atoms with Gasteiger partial charge in [0.1, 0.15) is 11.8 Å². The Labute approximate surface area is 103 Å². The van der Waals surface area contributed by atoms with Crippen molar-refractivity contribution in [2.75, 3.05) is 7.05 Å². The number of aryl methyl sites for hydroxylation is 2. The molecule has 0 spiro atoms. The molecule has 0 saturated carbocycles. The van der Waals surface area contributed by atoms with Crippen LogP contribution in [0, 0.1) is 6.92 Å². The Morgan fingerprint density at radius 2 is 2.31 bits per heavy atom. The Bertz CT molecular complexity index is 470. The molecule has 0 aliphatic rings. The molecule has 1 unspecified atom stereocenters. The van der Waals surface area contributed by atoms with Crippen molar-refractivity contribution in [1.82, 2.24) is 15.1 Å². The zero-order valence-electron chi connectivity index (χ0n) is 9.49. The molecule has 0 fully saturated rings. The topological polar surface area (TPSA) is 43.0 Å². The van der Waals surface area contributed by atoms with Crippen molar-refractivity contribution >= 4 is 15.9 Å². The Morgan fingerprint density at radius 1 is 1.56 bits per heavy atom. The summed E-state index contributed by atoms with van der Waals surface area (Å²) in [4.78, 5) is 0. The molecule has 0 saturated heterocycles. The summed E-state index contributed by atoms with van der Waals surface area (Å²) in [5.74, 6) is 0.923. The highest BCUT2D eigenvalue weighted by Gasteiger charge is 2.23. The minimum Gasteiger partial charge on any atom is -0.467 e. The number of hydrogen-bond donors (Lipinski definition) is 1. The van der Waals surface area contributed by atoms with Gasteiger partial charge in [0.2, 0.25) is 0 Å². The monoisotopic (exact) mass is 283 g/mol. The van der Waals surface area contributed by atoms with Crippen molar-refractivity contribution in [2.45, 2.75) is 13.0 Å². The molecular weight excluding hydrogens is 270 g/mol. The van der Waals surface area contributed by atoms with Gasteiger partial charge in [0.15, 0.2) is 0 Å². The van der Waals surface area contributed by atoms with Crippen molar-refractivity contribution in [1.29, 1.82) is 0 Å². The van der Waals surface area contributed by atoms with E-state index in [0.717, 1.165) is 21.5 Å². The van der Waals surface area contributed by atoms with Crippen LogP contribution in [0.4, 0.5) is 0 Å². The second-order valence-corrected chi connectivity index (χ2v) is 4.55. The van der Waals surface area contributed by atoms with Crippen molar-refractivity contribution in [3.63, 3.8) is 0 Å². The van der Waals surface area contributed by atoms with Crippen molar-refractivity contribution in [2.24, 2.45) is 7.05 Å². The molecule has 1 atom stereocenters. The third-order valence-corrected chi connectivity index (χ3v) is 3.27. The summed E-state index contributed by atoms with van der Waals surface area (Å²) >= 11 is 3.50. The molecule has 0 aliphatic carbocycles. The average Bonchev–Trinajstić information content (AvgIpc) is 2.80. The van der Waals surface area contributed by atoms with E-state index in [-0.39, 0.29) is 6.04 Å². The minimum absolute atomic E-state index is 0.0110. The fourth-order valence-corrected chi connectivity index (χ4v) is 2.39. The molecule has 86 valence electrons. The Hall–Kier alpha value is -1.07. The molecule has 4 nitrogen and oxygen atoms in total. The molecule has 2 aromatic heterocycles. The van der Waals surface area contributed by atoms with Crippen LogP contribution in [-0.2, 0) is 7.05 Å². The lowest BCUT2D eigenvalue weighted by Crippen LogP contribution is -2.21. The van der Waals surface area contributed by atoms with E-state index in [1.54, 1.807) is 12.5 Å². The van der Waals surface area contributed by atoms with Crippen LogP contribution < -0.4 is 5.32 Å². The summed E-state index contributed by atoms with van der Waals surface area (Å²) in [7, 11) is 3.83. The van der Waals surface area contributed by atoms with Gasteiger partial charge in [-0.2, -0.15) is 5.10 Å². The van der Waals surface area contributed by atoms with Gasteiger partial charge in [0.05, 0.1) is 22.6 Å². The Balaban J connectivity index is 2.49. The second-order valence-electron chi connectivity index (χ2n) is 3.69. The standard InChI is InChI=1S/C11H14BrN3O/c1-7-4-5-16-11(7)9(13-2)10-8(12)6-14-15(10)3/h4-6,9,13H,1-3H3. The highest BCUT2D eigenvalue weighted by atomic mass is 79.9. The Kier molecular flexibility index (Phi) is 3.16.